The maximum absolute atomic E-state index is 9.72. The molecule has 6 N–H and O–H groups in total. The number of rotatable bonds is 4. The van der Waals surface area contributed by atoms with Gasteiger partial charge in [-0.3, -0.25) is 9.59 Å². The summed E-state index contributed by atoms with van der Waals surface area (Å²) < 4.78 is 0. The van der Waals surface area contributed by atoms with Gasteiger partial charge in [0, 0.05) is 0 Å². The number of aliphatic hydroxyl groups excluding tert-OH is 2. The minimum absolute atomic E-state index is 0.366. The molecule has 0 rings (SSSR count). The minimum Gasteiger partial charge on any atom is -0.480 e. The van der Waals surface area contributed by atoms with Crippen LogP contribution < -0.4 is 5.73 Å². The first-order valence-corrected chi connectivity index (χ1v) is 4.35. The third-order valence-electron chi connectivity index (χ3n) is 0.942. The molecular formula is C6H12BrNO6. The van der Waals surface area contributed by atoms with Crippen LogP contribution in [0.4, 0.5) is 0 Å². The van der Waals surface area contributed by atoms with Crippen molar-refractivity contribution in [1.82, 2.24) is 0 Å². The van der Waals surface area contributed by atoms with Gasteiger partial charge in [-0.15, -0.1) is 0 Å². The Hall–Kier alpha value is -0.700. The fraction of sp³-hybridized carbons (Fsp3) is 0.667. The lowest BCUT2D eigenvalue weighted by molar-refractivity contribution is -0.139. The van der Waals surface area contributed by atoms with Gasteiger partial charge in [0.1, 0.15) is 10.9 Å². The quantitative estimate of drug-likeness (QED) is 0.381. The Morgan fingerprint density at radius 1 is 1.14 bits per heavy atom. The molecule has 84 valence electrons. The van der Waals surface area contributed by atoms with Crippen LogP contribution in [0.3, 0.4) is 0 Å². The zero-order chi connectivity index (χ0) is 11.7. The van der Waals surface area contributed by atoms with Crippen LogP contribution in [0.5, 0.6) is 0 Å². The third-order valence-corrected chi connectivity index (χ3v) is 1.62. The van der Waals surface area contributed by atoms with Gasteiger partial charge in [0.25, 0.3) is 0 Å². The fourth-order valence-corrected chi connectivity index (χ4v) is 0.156. The molecule has 0 spiro atoms. The first-order chi connectivity index (χ1) is 6.36. The molecule has 0 fully saturated rings. The SMILES string of the molecule is NC(CO)C(=O)O.O=C(O)C(Br)CO. The van der Waals surface area contributed by atoms with Crippen LogP contribution >= 0.6 is 15.9 Å². The predicted molar refractivity (Wildman–Crippen MR) is 50.1 cm³/mol. The van der Waals surface area contributed by atoms with Crippen LogP contribution in [-0.2, 0) is 9.59 Å². The molecule has 14 heavy (non-hydrogen) atoms. The molecule has 0 bridgehead atoms. The van der Waals surface area contributed by atoms with Gasteiger partial charge in [0.05, 0.1) is 13.2 Å². The molecule has 0 aliphatic rings. The molecule has 0 aromatic heterocycles. The molecule has 0 aromatic carbocycles. The zero-order valence-corrected chi connectivity index (χ0v) is 8.72. The average molecular weight is 274 g/mol. The van der Waals surface area contributed by atoms with E-state index in [1.54, 1.807) is 0 Å². The Kier molecular flexibility index (Phi) is 9.99. The molecule has 8 heteroatoms. The van der Waals surface area contributed by atoms with Crippen LogP contribution in [0.25, 0.3) is 0 Å². The van der Waals surface area contributed by atoms with Crippen molar-refractivity contribution in [3.63, 3.8) is 0 Å². The normalized spacial score (nSPS) is 13.4. The smallest absolute Gasteiger partial charge is 0.322 e. The summed E-state index contributed by atoms with van der Waals surface area (Å²) in [5.41, 5.74) is 4.77. The zero-order valence-electron chi connectivity index (χ0n) is 7.13. The van der Waals surface area contributed by atoms with Crippen molar-refractivity contribution in [2.45, 2.75) is 10.9 Å². The Labute approximate surface area is 88.3 Å². The summed E-state index contributed by atoms with van der Waals surface area (Å²) in [6.07, 6.45) is 0. The molecule has 0 heterocycles. The van der Waals surface area contributed by atoms with E-state index in [9.17, 15) is 9.59 Å². The van der Waals surface area contributed by atoms with E-state index in [-0.39, 0.29) is 6.61 Å². The molecule has 0 aliphatic heterocycles. The monoisotopic (exact) mass is 273 g/mol. The average Bonchev–Trinajstić information content (AvgIpc) is 2.15. The lowest BCUT2D eigenvalue weighted by Crippen LogP contribution is -2.33. The number of carbonyl (C=O) groups is 2. The number of alkyl halides is 1. The summed E-state index contributed by atoms with van der Waals surface area (Å²) in [6.45, 7) is -0.870. The maximum atomic E-state index is 9.72. The number of halogens is 1. The van der Waals surface area contributed by atoms with Crippen molar-refractivity contribution < 1.29 is 30.0 Å². The second-order valence-corrected chi connectivity index (χ2v) is 3.22. The summed E-state index contributed by atoms with van der Waals surface area (Å²) in [4.78, 5) is 18.6. The van der Waals surface area contributed by atoms with Crippen LogP contribution in [-0.4, -0.2) is 56.4 Å². The summed E-state index contributed by atoms with van der Waals surface area (Å²) in [7, 11) is 0. The first kappa shape index (κ1) is 15.8. The fourth-order valence-electron chi connectivity index (χ4n) is 0.156. The van der Waals surface area contributed by atoms with E-state index in [4.69, 9.17) is 26.2 Å². The number of hydrogen-bond donors (Lipinski definition) is 5. The number of hydrogen-bond acceptors (Lipinski definition) is 5. The second kappa shape index (κ2) is 8.88. The van der Waals surface area contributed by atoms with Gasteiger partial charge in [-0.1, -0.05) is 15.9 Å². The largest absolute Gasteiger partial charge is 0.480 e. The number of aliphatic hydroxyl groups is 2. The predicted octanol–water partition coefficient (Wildman–Crippen LogP) is -1.78. The highest BCUT2D eigenvalue weighted by Gasteiger charge is 2.09. The molecule has 0 saturated heterocycles. The van der Waals surface area contributed by atoms with Gasteiger partial charge < -0.3 is 26.2 Å². The highest BCUT2D eigenvalue weighted by atomic mass is 79.9. The van der Waals surface area contributed by atoms with E-state index in [0.29, 0.717) is 0 Å². The highest BCUT2D eigenvalue weighted by Crippen LogP contribution is 1.95. The summed E-state index contributed by atoms with van der Waals surface area (Å²) >= 11 is 2.69. The number of nitrogens with two attached hydrogens (primary N) is 1. The Bertz CT molecular complexity index is 167. The molecule has 0 saturated carbocycles. The van der Waals surface area contributed by atoms with E-state index in [2.05, 4.69) is 15.9 Å². The molecule has 2 atom stereocenters. The van der Waals surface area contributed by atoms with Crippen molar-refractivity contribution in [1.29, 1.82) is 0 Å². The second-order valence-electron chi connectivity index (χ2n) is 2.12. The molecule has 0 aromatic rings. The number of aliphatic carboxylic acids is 2. The van der Waals surface area contributed by atoms with E-state index in [1.165, 1.54) is 0 Å². The summed E-state index contributed by atoms with van der Waals surface area (Å²) in [6, 6.07) is -1.13. The Balaban J connectivity index is 0. The maximum Gasteiger partial charge on any atom is 0.322 e. The van der Waals surface area contributed by atoms with Crippen molar-refractivity contribution in [2.75, 3.05) is 13.2 Å². The number of carboxylic acid groups (broad SMARTS) is 2. The van der Waals surface area contributed by atoms with E-state index in [0.717, 1.165) is 0 Å². The van der Waals surface area contributed by atoms with Crippen molar-refractivity contribution in [2.24, 2.45) is 5.73 Å². The topological polar surface area (TPSA) is 141 Å². The molecule has 2 unspecified atom stereocenters. The van der Waals surface area contributed by atoms with Crippen molar-refractivity contribution in [3.8, 4) is 0 Å². The lowest BCUT2D eigenvalue weighted by Gasteiger charge is -1.96. The van der Waals surface area contributed by atoms with Gasteiger partial charge in [-0.2, -0.15) is 0 Å². The van der Waals surface area contributed by atoms with E-state index < -0.39 is 29.4 Å². The van der Waals surface area contributed by atoms with Gasteiger partial charge in [0.2, 0.25) is 0 Å². The third kappa shape index (κ3) is 9.39. The lowest BCUT2D eigenvalue weighted by atomic mass is 10.3. The van der Waals surface area contributed by atoms with Crippen LogP contribution in [0.1, 0.15) is 0 Å². The van der Waals surface area contributed by atoms with Gasteiger partial charge in [-0.05, 0) is 0 Å². The van der Waals surface area contributed by atoms with Crippen molar-refractivity contribution in [3.05, 3.63) is 0 Å². The number of carboxylic acids is 2. The molecule has 7 nitrogen and oxygen atoms in total. The van der Waals surface area contributed by atoms with Gasteiger partial charge in [0.15, 0.2) is 0 Å². The summed E-state index contributed by atoms with van der Waals surface area (Å²) in [5.74, 6) is -2.22. The van der Waals surface area contributed by atoms with Crippen molar-refractivity contribution >= 4 is 27.9 Å². The Morgan fingerprint density at radius 2 is 1.57 bits per heavy atom. The molecule has 0 amide bonds. The molecule has 0 radical (unpaired) electrons. The molecule has 0 aliphatic carbocycles. The Morgan fingerprint density at radius 3 is 1.57 bits per heavy atom. The minimum atomic E-state index is -1.18. The molecular weight excluding hydrogens is 262 g/mol. The van der Waals surface area contributed by atoms with E-state index >= 15 is 0 Å². The first-order valence-electron chi connectivity index (χ1n) is 3.43. The van der Waals surface area contributed by atoms with Crippen LogP contribution in [0.15, 0.2) is 0 Å². The van der Waals surface area contributed by atoms with Gasteiger partial charge >= 0.3 is 11.9 Å². The van der Waals surface area contributed by atoms with Gasteiger partial charge in [-0.25, -0.2) is 0 Å². The summed E-state index contributed by atoms with van der Waals surface area (Å²) in [5, 5.41) is 31.9. The van der Waals surface area contributed by atoms with Crippen LogP contribution in [0, 0.1) is 0 Å². The highest BCUT2D eigenvalue weighted by molar-refractivity contribution is 9.10. The van der Waals surface area contributed by atoms with E-state index in [1.807, 2.05) is 0 Å². The standard InChI is InChI=1S/C3H5BrO3.C3H7NO3/c2*4-2(1-5)3(6)7/h2,5H,1H2,(H,6,7);2,5H,1,4H2,(H,6,7). The van der Waals surface area contributed by atoms with Crippen LogP contribution in [0.2, 0.25) is 0 Å².